The van der Waals surface area contributed by atoms with Gasteiger partial charge in [-0.25, -0.2) is 0 Å². The minimum Gasteiger partial charge on any atom is -0.256 e. The van der Waals surface area contributed by atoms with Crippen molar-refractivity contribution in [2.75, 3.05) is 0 Å². The van der Waals surface area contributed by atoms with E-state index in [9.17, 15) is 0 Å². The molecular weight excluding hydrogens is 252 g/mol. The molecule has 4 aromatic rings. The molecule has 90 valence electrons. The van der Waals surface area contributed by atoms with Gasteiger partial charge in [-0.3, -0.25) is 9.97 Å². The van der Waals surface area contributed by atoms with Crippen LogP contribution in [-0.2, 0) is 0 Å². The number of hydrogen-bond acceptors (Lipinski definition) is 3. The molecule has 1 aromatic carbocycles. The standard InChI is InChI=1S/C16H10N2S/c1-2-7-17-14(5-1)13-10-11-6-9-19-16(11)15-12(13)4-3-8-18-15/h1-10H. The highest BCUT2D eigenvalue weighted by Crippen LogP contribution is 2.35. The first kappa shape index (κ1) is 10.6. The van der Waals surface area contributed by atoms with Gasteiger partial charge < -0.3 is 0 Å². The van der Waals surface area contributed by atoms with Crippen molar-refractivity contribution in [1.29, 1.82) is 0 Å². The first-order valence-corrected chi connectivity index (χ1v) is 6.98. The van der Waals surface area contributed by atoms with Crippen LogP contribution in [0.2, 0.25) is 0 Å². The van der Waals surface area contributed by atoms with Crippen molar-refractivity contribution in [3.8, 4) is 11.3 Å². The van der Waals surface area contributed by atoms with Gasteiger partial charge in [-0.1, -0.05) is 12.1 Å². The smallest absolute Gasteiger partial charge is 0.0886 e. The lowest BCUT2D eigenvalue weighted by atomic mass is 10.0. The molecule has 0 atom stereocenters. The molecule has 0 fully saturated rings. The number of pyridine rings is 2. The van der Waals surface area contributed by atoms with Crippen LogP contribution in [0.25, 0.3) is 32.2 Å². The number of benzene rings is 1. The van der Waals surface area contributed by atoms with Crippen molar-refractivity contribution in [3.63, 3.8) is 0 Å². The molecule has 3 heterocycles. The Morgan fingerprint density at radius 2 is 1.84 bits per heavy atom. The molecule has 0 saturated heterocycles. The Hall–Kier alpha value is -2.26. The summed E-state index contributed by atoms with van der Waals surface area (Å²) in [6.07, 6.45) is 3.68. The first-order chi connectivity index (χ1) is 9.43. The molecule has 0 amide bonds. The van der Waals surface area contributed by atoms with Crippen LogP contribution >= 0.6 is 11.3 Å². The molecule has 4 rings (SSSR count). The quantitative estimate of drug-likeness (QED) is 0.504. The Morgan fingerprint density at radius 1 is 0.895 bits per heavy atom. The molecule has 3 aromatic heterocycles. The van der Waals surface area contributed by atoms with Crippen LogP contribution in [0.3, 0.4) is 0 Å². The summed E-state index contributed by atoms with van der Waals surface area (Å²) in [7, 11) is 0. The molecule has 3 heteroatoms. The number of nitrogens with zero attached hydrogens (tertiary/aromatic N) is 2. The van der Waals surface area contributed by atoms with Crippen LogP contribution in [0.5, 0.6) is 0 Å². The second-order valence-electron chi connectivity index (χ2n) is 4.38. The molecule has 0 aliphatic rings. The first-order valence-electron chi connectivity index (χ1n) is 6.10. The summed E-state index contributed by atoms with van der Waals surface area (Å²) < 4.78 is 1.25. The number of aromatic nitrogens is 2. The van der Waals surface area contributed by atoms with Crippen LogP contribution in [0, 0.1) is 0 Å². The second-order valence-corrected chi connectivity index (χ2v) is 5.29. The normalized spacial score (nSPS) is 11.2. The van der Waals surface area contributed by atoms with Crippen LogP contribution in [0.15, 0.2) is 60.2 Å². The Bertz CT molecular complexity index is 866. The van der Waals surface area contributed by atoms with E-state index in [2.05, 4.69) is 33.5 Å². The third-order valence-electron chi connectivity index (χ3n) is 3.25. The van der Waals surface area contributed by atoms with Gasteiger partial charge in [-0.2, -0.15) is 0 Å². The fraction of sp³-hybridized carbons (Fsp3) is 0. The van der Waals surface area contributed by atoms with Gasteiger partial charge >= 0.3 is 0 Å². The van der Waals surface area contributed by atoms with E-state index in [4.69, 9.17) is 0 Å². The summed E-state index contributed by atoms with van der Waals surface area (Å²) in [4.78, 5) is 9.02. The number of fused-ring (bicyclic) bond motifs is 3. The Balaban J connectivity index is 2.19. The number of rotatable bonds is 1. The maximum atomic E-state index is 4.55. The average Bonchev–Trinajstić information content (AvgIpc) is 2.96. The summed E-state index contributed by atoms with van der Waals surface area (Å²) in [5, 5.41) is 4.51. The fourth-order valence-electron chi connectivity index (χ4n) is 2.40. The van der Waals surface area contributed by atoms with Gasteiger partial charge in [0.05, 0.1) is 15.9 Å². The van der Waals surface area contributed by atoms with E-state index in [1.165, 1.54) is 10.1 Å². The van der Waals surface area contributed by atoms with Crippen molar-refractivity contribution < 1.29 is 0 Å². The monoisotopic (exact) mass is 262 g/mol. The van der Waals surface area contributed by atoms with E-state index in [0.717, 1.165) is 22.2 Å². The fourth-order valence-corrected chi connectivity index (χ4v) is 3.28. The maximum absolute atomic E-state index is 4.55. The Morgan fingerprint density at radius 3 is 2.74 bits per heavy atom. The topological polar surface area (TPSA) is 25.8 Å². The molecule has 19 heavy (non-hydrogen) atoms. The van der Waals surface area contributed by atoms with E-state index in [1.807, 2.05) is 36.7 Å². The minimum atomic E-state index is 0.994. The molecule has 0 radical (unpaired) electrons. The average molecular weight is 262 g/mol. The van der Waals surface area contributed by atoms with E-state index in [0.29, 0.717) is 0 Å². The third-order valence-corrected chi connectivity index (χ3v) is 4.19. The largest absolute Gasteiger partial charge is 0.256 e. The third kappa shape index (κ3) is 1.63. The molecule has 0 aliphatic heterocycles. The highest BCUT2D eigenvalue weighted by molar-refractivity contribution is 7.18. The zero-order chi connectivity index (χ0) is 12.7. The predicted molar refractivity (Wildman–Crippen MR) is 80.4 cm³/mol. The molecule has 0 aliphatic carbocycles. The van der Waals surface area contributed by atoms with Gasteiger partial charge in [0.1, 0.15) is 0 Å². The molecule has 2 nitrogen and oxygen atoms in total. The predicted octanol–water partition coefficient (Wildman–Crippen LogP) is 4.51. The van der Waals surface area contributed by atoms with Gasteiger partial charge in [0.15, 0.2) is 0 Å². The van der Waals surface area contributed by atoms with Crippen LogP contribution in [0.1, 0.15) is 0 Å². The molecule has 0 spiro atoms. The molecular formula is C16H10N2S. The summed E-state index contributed by atoms with van der Waals surface area (Å²) in [6, 6.07) is 14.4. The zero-order valence-electron chi connectivity index (χ0n) is 10.1. The van der Waals surface area contributed by atoms with Gasteiger partial charge in [-0.05, 0) is 41.1 Å². The van der Waals surface area contributed by atoms with E-state index in [-0.39, 0.29) is 0 Å². The van der Waals surface area contributed by atoms with Gasteiger partial charge in [0.2, 0.25) is 0 Å². The van der Waals surface area contributed by atoms with Crippen molar-refractivity contribution >= 4 is 32.3 Å². The lowest BCUT2D eigenvalue weighted by Crippen LogP contribution is -1.86. The van der Waals surface area contributed by atoms with Crippen molar-refractivity contribution in [1.82, 2.24) is 9.97 Å². The number of thiophene rings is 1. The van der Waals surface area contributed by atoms with Crippen molar-refractivity contribution in [3.05, 3.63) is 60.2 Å². The van der Waals surface area contributed by atoms with Crippen LogP contribution in [-0.4, -0.2) is 9.97 Å². The van der Waals surface area contributed by atoms with E-state index in [1.54, 1.807) is 11.3 Å². The van der Waals surface area contributed by atoms with Gasteiger partial charge in [0, 0.05) is 23.3 Å². The maximum Gasteiger partial charge on any atom is 0.0886 e. The van der Waals surface area contributed by atoms with Gasteiger partial charge in [0.25, 0.3) is 0 Å². The lowest BCUT2D eigenvalue weighted by molar-refractivity contribution is 1.33. The van der Waals surface area contributed by atoms with E-state index >= 15 is 0 Å². The highest BCUT2D eigenvalue weighted by Gasteiger charge is 2.10. The summed E-state index contributed by atoms with van der Waals surface area (Å²) in [5.74, 6) is 0. The lowest BCUT2D eigenvalue weighted by Gasteiger charge is -2.06. The minimum absolute atomic E-state index is 0.994. The number of hydrogen-bond donors (Lipinski definition) is 0. The summed E-state index contributed by atoms with van der Waals surface area (Å²) in [6.45, 7) is 0. The molecule has 0 bridgehead atoms. The second kappa shape index (κ2) is 4.14. The van der Waals surface area contributed by atoms with Gasteiger partial charge in [-0.15, -0.1) is 11.3 Å². The Kier molecular flexibility index (Phi) is 2.32. The summed E-state index contributed by atoms with van der Waals surface area (Å²) in [5.41, 5.74) is 3.21. The SMILES string of the molecule is c1ccc(-c2cc3ccsc3c3ncccc23)nc1. The van der Waals surface area contributed by atoms with Crippen molar-refractivity contribution in [2.45, 2.75) is 0 Å². The zero-order valence-corrected chi connectivity index (χ0v) is 10.9. The molecule has 0 N–H and O–H groups in total. The van der Waals surface area contributed by atoms with E-state index < -0.39 is 0 Å². The van der Waals surface area contributed by atoms with Crippen LogP contribution in [0.4, 0.5) is 0 Å². The van der Waals surface area contributed by atoms with Crippen molar-refractivity contribution in [2.24, 2.45) is 0 Å². The summed E-state index contributed by atoms with van der Waals surface area (Å²) >= 11 is 1.74. The highest BCUT2D eigenvalue weighted by atomic mass is 32.1. The molecule has 0 unspecified atom stereocenters. The molecule has 0 saturated carbocycles. The van der Waals surface area contributed by atoms with Crippen LogP contribution < -0.4 is 0 Å². The Labute approximate surface area is 114 Å².